The third kappa shape index (κ3) is 5.81. The highest BCUT2D eigenvalue weighted by Gasteiger charge is 2.38. The summed E-state index contributed by atoms with van der Waals surface area (Å²) in [5, 5.41) is 22.9. The number of anilines is 1. The molecule has 1 atom stereocenters. The summed E-state index contributed by atoms with van der Waals surface area (Å²) < 4.78 is 8.23. The lowest BCUT2D eigenvalue weighted by Crippen LogP contribution is -2.26. The summed E-state index contributed by atoms with van der Waals surface area (Å²) in [5.41, 5.74) is 10.5. The molecule has 0 aliphatic carbocycles. The van der Waals surface area contributed by atoms with Gasteiger partial charge in [0.1, 0.15) is 5.69 Å². The SMILES string of the molecule is CC(C)(C)O.CSN1c2c(C)c(CC(=O)O)c(-c3ccc(C)cc3)c(C)c2-c2c(noc2-c2ccccc2)[C@@H]1C. The second-order valence-corrected chi connectivity index (χ2v) is 12.0. The number of carboxylic acid groups (broad SMARTS) is 1. The van der Waals surface area contributed by atoms with E-state index in [1.165, 1.54) is 0 Å². The molecule has 3 aromatic carbocycles. The Morgan fingerprint density at radius 3 is 2.10 bits per heavy atom. The number of carboxylic acids is 1. The van der Waals surface area contributed by atoms with Gasteiger partial charge in [-0.25, -0.2) is 0 Å². The van der Waals surface area contributed by atoms with Gasteiger partial charge >= 0.3 is 5.97 Å². The van der Waals surface area contributed by atoms with Crippen molar-refractivity contribution in [3.8, 4) is 33.6 Å². The van der Waals surface area contributed by atoms with E-state index in [1.54, 1.807) is 32.7 Å². The summed E-state index contributed by atoms with van der Waals surface area (Å²) in [6.07, 6.45) is 2.00. The molecule has 40 heavy (non-hydrogen) atoms. The van der Waals surface area contributed by atoms with Gasteiger partial charge in [0.05, 0.1) is 29.3 Å². The van der Waals surface area contributed by atoms with Gasteiger partial charge in [0, 0.05) is 17.4 Å². The van der Waals surface area contributed by atoms with E-state index < -0.39 is 11.6 Å². The summed E-state index contributed by atoms with van der Waals surface area (Å²) in [6, 6.07) is 18.3. The minimum atomic E-state index is -0.837. The van der Waals surface area contributed by atoms with Gasteiger partial charge in [0.15, 0.2) is 5.76 Å². The summed E-state index contributed by atoms with van der Waals surface area (Å²) in [4.78, 5) is 12.0. The number of aliphatic carboxylic acids is 1. The molecule has 0 amide bonds. The largest absolute Gasteiger partial charge is 0.481 e. The van der Waals surface area contributed by atoms with E-state index in [1.807, 2.05) is 43.5 Å². The minimum absolute atomic E-state index is 0.0327. The maximum atomic E-state index is 12.0. The zero-order valence-electron chi connectivity index (χ0n) is 24.5. The maximum Gasteiger partial charge on any atom is 0.307 e. The van der Waals surface area contributed by atoms with Crippen LogP contribution in [0.1, 0.15) is 61.7 Å². The summed E-state index contributed by atoms with van der Waals surface area (Å²) in [7, 11) is 0. The molecular weight excluding hydrogens is 520 g/mol. The normalized spacial score (nSPS) is 14.2. The first-order valence-electron chi connectivity index (χ1n) is 13.4. The highest BCUT2D eigenvalue weighted by Crippen LogP contribution is 2.55. The lowest BCUT2D eigenvalue weighted by atomic mass is 9.80. The Bertz CT molecular complexity index is 1510. The number of hydrogen-bond donors (Lipinski definition) is 2. The molecule has 5 rings (SSSR count). The number of nitrogens with zero attached hydrogens (tertiary/aromatic N) is 2. The van der Waals surface area contributed by atoms with Crippen molar-refractivity contribution in [2.75, 3.05) is 10.6 Å². The average Bonchev–Trinajstić information content (AvgIpc) is 3.33. The van der Waals surface area contributed by atoms with Gasteiger partial charge in [0.25, 0.3) is 0 Å². The maximum absolute atomic E-state index is 12.0. The number of carbonyl (C=O) groups is 1. The Labute approximate surface area is 241 Å². The number of aromatic nitrogens is 1. The number of hydrogen-bond acceptors (Lipinski definition) is 6. The Kier molecular flexibility index (Phi) is 8.47. The topological polar surface area (TPSA) is 86.8 Å². The summed E-state index contributed by atoms with van der Waals surface area (Å²) >= 11 is 1.62. The van der Waals surface area contributed by atoms with Crippen LogP contribution < -0.4 is 4.31 Å². The molecule has 0 saturated heterocycles. The van der Waals surface area contributed by atoms with E-state index in [4.69, 9.17) is 9.63 Å². The van der Waals surface area contributed by atoms with E-state index in [0.717, 1.165) is 67.2 Å². The zero-order chi connectivity index (χ0) is 29.4. The summed E-state index contributed by atoms with van der Waals surface area (Å²) in [5.74, 6) is -0.0891. The third-order valence-corrected chi connectivity index (χ3v) is 7.83. The van der Waals surface area contributed by atoms with Crippen molar-refractivity contribution >= 4 is 23.6 Å². The third-order valence-electron chi connectivity index (χ3n) is 6.93. The van der Waals surface area contributed by atoms with Crippen LogP contribution >= 0.6 is 11.9 Å². The van der Waals surface area contributed by atoms with Gasteiger partial charge in [-0.05, 0) is 76.3 Å². The van der Waals surface area contributed by atoms with Crippen LogP contribution in [0.5, 0.6) is 0 Å². The van der Waals surface area contributed by atoms with E-state index in [2.05, 4.69) is 54.5 Å². The van der Waals surface area contributed by atoms with Gasteiger partial charge in [-0.15, -0.1) is 0 Å². The van der Waals surface area contributed by atoms with Crippen molar-refractivity contribution in [3.63, 3.8) is 0 Å². The lowest BCUT2D eigenvalue weighted by Gasteiger charge is -2.37. The second kappa shape index (κ2) is 11.5. The van der Waals surface area contributed by atoms with Gasteiger partial charge < -0.3 is 19.0 Å². The van der Waals surface area contributed by atoms with E-state index >= 15 is 0 Å². The van der Waals surface area contributed by atoms with Crippen LogP contribution in [0.3, 0.4) is 0 Å². The zero-order valence-corrected chi connectivity index (χ0v) is 25.3. The minimum Gasteiger partial charge on any atom is -0.481 e. The van der Waals surface area contributed by atoms with E-state index in [-0.39, 0.29) is 12.5 Å². The average molecular weight is 559 g/mol. The lowest BCUT2D eigenvalue weighted by molar-refractivity contribution is -0.136. The molecule has 2 heterocycles. The van der Waals surface area contributed by atoms with Crippen molar-refractivity contribution in [2.45, 2.75) is 66.5 Å². The Balaban J connectivity index is 0.000000681. The molecule has 1 aromatic heterocycles. The van der Waals surface area contributed by atoms with Crippen molar-refractivity contribution in [3.05, 3.63) is 82.5 Å². The van der Waals surface area contributed by atoms with Gasteiger partial charge in [0.2, 0.25) is 0 Å². The number of benzene rings is 3. The van der Waals surface area contributed by atoms with Crippen molar-refractivity contribution < 1.29 is 19.5 Å². The van der Waals surface area contributed by atoms with Crippen molar-refractivity contribution in [2.24, 2.45) is 0 Å². The summed E-state index contributed by atoms with van der Waals surface area (Å²) in [6.45, 7) is 13.5. The van der Waals surface area contributed by atoms with Crippen molar-refractivity contribution in [1.82, 2.24) is 5.16 Å². The molecule has 0 saturated carbocycles. The van der Waals surface area contributed by atoms with Crippen LogP contribution in [0.2, 0.25) is 0 Å². The van der Waals surface area contributed by atoms with Gasteiger partial charge in [-0.1, -0.05) is 77.3 Å². The van der Waals surface area contributed by atoms with Crippen LogP contribution in [-0.2, 0) is 11.2 Å². The van der Waals surface area contributed by atoms with Crippen LogP contribution in [0.15, 0.2) is 59.1 Å². The molecule has 1 aliphatic heterocycles. The Hall–Kier alpha value is -3.55. The van der Waals surface area contributed by atoms with Crippen LogP contribution in [0.25, 0.3) is 33.6 Å². The molecule has 1 aliphatic rings. The smallest absolute Gasteiger partial charge is 0.307 e. The highest BCUT2D eigenvalue weighted by molar-refractivity contribution is 8.00. The molecule has 0 fully saturated rings. The predicted molar refractivity (Wildman–Crippen MR) is 165 cm³/mol. The first-order chi connectivity index (χ1) is 18.8. The predicted octanol–water partition coefficient (Wildman–Crippen LogP) is 8.16. The first-order valence-corrected chi connectivity index (χ1v) is 14.6. The molecule has 0 bridgehead atoms. The molecule has 0 spiro atoms. The molecule has 6 nitrogen and oxygen atoms in total. The number of rotatable bonds is 5. The van der Waals surface area contributed by atoms with E-state index in [9.17, 15) is 9.90 Å². The highest BCUT2D eigenvalue weighted by atomic mass is 32.2. The molecule has 2 N–H and O–H groups in total. The second-order valence-electron chi connectivity index (χ2n) is 11.3. The van der Waals surface area contributed by atoms with Crippen LogP contribution in [-0.4, -0.2) is 33.2 Å². The first kappa shape index (κ1) is 29.4. The molecule has 0 radical (unpaired) electrons. The van der Waals surface area contributed by atoms with Gasteiger partial charge in [-0.3, -0.25) is 4.79 Å². The fraction of sp³-hybridized carbons (Fsp3) is 0.333. The number of aryl methyl sites for hydroxylation is 1. The van der Waals surface area contributed by atoms with Crippen molar-refractivity contribution in [1.29, 1.82) is 0 Å². The quantitative estimate of drug-likeness (QED) is 0.239. The monoisotopic (exact) mass is 558 g/mol. The van der Waals surface area contributed by atoms with Crippen LogP contribution in [0.4, 0.5) is 5.69 Å². The molecule has 0 unspecified atom stereocenters. The van der Waals surface area contributed by atoms with Gasteiger partial charge in [-0.2, -0.15) is 0 Å². The molecule has 7 heteroatoms. The fourth-order valence-corrected chi connectivity index (χ4v) is 6.11. The number of aliphatic hydroxyl groups is 1. The fourth-order valence-electron chi connectivity index (χ4n) is 5.28. The Morgan fingerprint density at radius 2 is 1.55 bits per heavy atom. The molecule has 210 valence electrons. The molecular formula is C33H38N2O4S. The van der Waals surface area contributed by atoms with Crippen LogP contribution in [0, 0.1) is 20.8 Å². The van der Waals surface area contributed by atoms with E-state index in [0.29, 0.717) is 0 Å². The number of fused-ring (bicyclic) bond motifs is 3. The Morgan fingerprint density at radius 1 is 0.950 bits per heavy atom. The molecule has 4 aromatic rings. The standard InChI is InChI=1S/C29H28N2O3S.C4H10O/c1-16-11-13-20(14-12-16)24-18(3)25-26-27(30-34-29(26)21-9-7-6-8-10-21)19(4)31(35-5)28(25)17(2)22(24)15-23(32)33;1-4(2,3)5/h6-14,19H,15H2,1-5H3,(H,32,33);5H,1-3H3/t19-;/m0./s1.